The van der Waals surface area contributed by atoms with Crippen molar-refractivity contribution in [3.05, 3.63) is 71.8 Å². The molecule has 2 aromatic rings. The van der Waals surface area contributed by atoms with Crippen molar-refractivity contribution in [2.75, 3.05) is 13.1 Å². The van der Waals surface area contributed by atoms with Gasteiger partial charge in [-0.05, 0) is 30.4 Å². The lowest BCUT2D eigenvalue weighted by Crippen LogP contribution is -2.44. The lowest BCUT2D eigenvalue weighted by molar-refractivity contribution is -0.143. The predicted molar refractivity (Wildman–Crippen MR) is 109 cm³/mol. The summed E-state index contributed by atoms with van der Waals surface area (Å²) in [5.74, 6) is -1.53. The van der Waals surface area contributed by atoms with Crippen molar-refractivity contribution in [2.24, 2.45) is 5.92 Å². The van der Waals surface area contributed by atoms with Gasteiger partial charge in [0, 0.05) is 25.4 Å². The third-order valence-electron chi connectivity index (χ3n) is 5.36. The lowest BCUT2D eigenvalue weighted by atomic mass is 9.94. The summed E-state index contributed by atoms with van der Waals surface area (Å²) < 4.78 is 0. The van der Waals surface area contributed by atoms with Crippen LogP contribution in [0.15, 0.2) is 60.7 Å². The first-order chi connectivity index (χ1) is 14.0. The molecule has 1 heterocycles. The minimum Gasteiger partial charge on any atom is -0.479 e. The number of carboxylic acids is 1. The van der Waals surface area contributed by atoms with E-state index in [1.165, 1.54) is 0 Å². The molecule has 6 nitrogen and oxygen atoms in total. The maximum absolute atomic E-state index is 12.6. The quantitative estimate of drug-likeness (QED) is 0.756. The molecule has 1 saturated heterocycles. The standard InChI is InChI=1S/C23H26N2O4/c26-20(12-11-17-7-3-1-4-8-17)25-15-13-19(14-16-25)22(27)24-21(23(28)29)18-9-5-2-6-10-18/h1-10,19,21H,11-16H2,(H,24,27)(H,28,29)/t21-/m0/s1. The molecule has 1 atom stereocenters. The van der Waals surface area contributed by atoms with E-state index in [9.17, 15) is 19.5 Å². The summed E-state index contributed by atoms with van der Waals surface area (Å²) in [6.45, 7) is 1.05. The second-order valence-corrected chi connectivity index (χ2v) is 7.33. The molecule has 2 aromatic carbocycles. The summed E-state index contributed by atoms with van der Waals surface area (Å²) in [6.07, 6.45) is 2.25. The molecule has 0 aromatic heterocycles. The van der Waals surface area contributed by atoms with Gasteiger partial charge in [-0.2, -0.15) is 0 Å². The van der Waals surface area contributed by atoms with E-state index in [4.69, 9.17) is 0 Å². The molecular formula is C23H26N2O4. The van der Waals surface area contributed by atoms with Crippen molar-refractivity contribution in [1.82, 2.24) is 10.2 Å². The second-order valence-electron chi connectivity index (χ2n) is 7.33. The van der Waals surface area contributed by atoms with Gasteiger partial charge in [-0.3, -0.25) is 9.59 Å². The van der Waals surface area contributed by atoms with Crippen molar-refractivity contribution < 1.29 is 19.5 Å². The molecule has 0 aliphatic carbocycles. The summed E-state index contributed by atoms with van der Waals surface area (Å²) in [5.41, 5.74) is 1.68. The van der Waals surface area contributed by atoms with Crippen LogP contribution in [0.1, 0.15) is 36.4 Å². The molecule has 1 aliphatic rings. The first-order valence-corrected chi connectivity index (χ1v) is 9.94. The highest BCUT2D eigenvalue weighted by Crippen LogP contribution is 2.21. The van der Waals surface area contributed by atoms with Crippen molar-refractivity contribution in [2.45, 2.75) is 31.7 Å². The van der Waals surface area contributed by atoms with Crippen LogP contribution < -0.4 is 5.32 Å². The van der Waals surface area contributed by atoms with Crippen LogP contribution in [0.5, 0.6) is 0 Å². The van der Waals surface area contributed by atoms with Gasteiger partial charge in [0.05, 0.1) is 0 Å². The molecule has 6 heteroatoms. The van der Waals surface area contributed by atoms with Gasteiger partial charge in [-0.15, -0.1) is 0 Å². The molecular weight excluding hydrogens is 368 g/mol. The zero-order valence-corrected chi connectivity index (χ0v) is 16.3. The number of hydrogen-bond donors (Lipinski definition) is 2. The van der Waals surface area contributed by atoms with E-state index >= 15 is 0 Å². The highest BCUT2D eigenvalue weighted by molar-refractivity contribution is 5.86. The van der Waals surface area contributed by atoms with Crippen LogP contribution in [0.2, 0.25) is 0 Å². The van der Waals surface area contributed by atoms with E-state index in [1.807, 2.05) is 30.3 Å². The molecule has 1 fully saturated rings. The summed E-state index contributed by atoms with van der Waals surface area (Å²) >= 11 is 0. The Labute approximate surface area is 170 Å². The molecule has 0 saturated carbocycles. The SMILES string of the molecule is O=C(N[C@H](C(=O)O)c1ccccc1)C1CCN(C(=O)CCc2ccccc2)CC1. The highest BCUT2D eigenvalue weighted by Gasteiger charge is 2.30. The number of hydrogen-bond acceptors (Lipinski definition) is 3. The van der Waals surface area contributed by atoms with Crippen LogP contribution in [0.25, 0.3) is 0 Å². The number of amides is 2. The number of aliphatic carboxylic acids is 1. The lowest BCUT2D eigenvalue weighted by Gasteiger charge is -2.32. The molecule has 3 rings (SSSR count). The minimum atomic E-state index is -1.09. The average molecular weight is 394 g/mol. The molecule has 29 heavy (non-hydrogen) atoms. The molecule has 0 radical (unpaired) electrons. The Morgan fingerprint density at radius 1 is 0.966 bits per heavy atom. The van der Waals surface area contributed by atoms with Gasteiger partial charge >= 0.3 is 5.97 Å². The summed E-state index contributed by atoms with van der Waals surface area (Å²) in [5, 5.41) is 12.1. The van der Waals surface area contributed by atoms with Crippen LogP contribution in [0.4, 0.5) is 0 Å². The van der Waals surface area contributed by atoms with Gasteiger partial charge in [0.25, 0.3) is 0 Å². The molecule has 2 N–H and O–H groups in total. The van der Waals surface area contributed by atoms with Gasteiger partial charge < -0.3 is 15.3 Å². The van der Waals surface area contributed by atoms with E-state index in [-0.39, 0.29) is 17.7 Å². The van der Waals surface area contributed by atoms with Gasteiger partial charge in [0.2, 0.25) is 11.8 Å². The topological polar surface area (TPSA) is 86.7 Å². The molecule has 0 spiro atoms. The Kier molecular flexibility index (Phi) is 7.00. The molecule has 1 aliphatic heterocycles. The van der Waals surface area contributed by atoms with E-state index in [0.29, 0.717) is 44.3 Å². The fraction of sp³-hybridized carbons (Fsp3) is 0.348. The van der Waals surface area contributed by atoms with Crippen molar-refractivity contribution in [1.29, 1.82) is 0 Å². The summed E-state index contributed by atoms with van der Waals surface area (Å²) in [6, 6.07) is 17.5. The Morgan fingerprint density at radius 2 is 1.55 bits per heavy atom. The predicted octanol–water partition coefficient (Wildman–Crippen LogP) is 2.80. The number of rotatable bonds is 7. The Hall–Kier alpha value is -3.15. The number of carbonyl (C=O) groups is 3. The number of aryl methyl sites for hydroxylation is 1. The maximum Gasteiger partial charge on any atom is 0.330 e. The number of piperidine rings is 1. The Balaban J connectivity index is 1.48. The maximum atomic E-state index is 12.6. The zero-order chi connectivity index (χ0) is 20.6. The Bertz CT molecular complexity index is 830. The van der Waals surface area contributed by atoms with E-state index in [0.717, 1.165) is 5.56 Å². The van der Waals surface area contributed by atoms with Gasteiger partial charge in [-0.25, -0.2) is 4.79 Å². The van der Waals surface area contributed by atoms with Crippen molar-refractivity contribution >= 4 is 17.8 Å². The van der Waals surface area contributed by atoms with Crippen LogP contribution in [-0.4, -0.2) is 40.9 Å². The third-order valence-corrected chi connectivity index (χ3v) is 5.36. The van der Waals surface area contributed by atoms with E-state index in [2.05, 4.69) is 5.32 Å². The third kappa shape index (κ3) is 5.67. The normalized spacial score (nSPS) is 15.5. The minimum absolute atomic E-state index is 0.0976. The number of carboxylic acid groups (broad SMARTS) is 1. The number of nitrogens with zero attached hydrogens (tertiary/aromatic N) is 1. The van der Waals surface area contributed by atoms with Crippen molar-refractivity contribution in [3.63, 3.8) is 0 Å². The number of likely N-dealkylation sites (tertiary alicyclic amines) is 1. The van der Waals surface area contributed by atoms with Crippen LogP contribution in [0, 0.1) is 5.92 Å². The first-order valence-electron chi connectivity index (χ1n) is 9.94. The summed E-state index contributed by atoms with van der Waals surface area (Å²) in [4.78, 5) is 38.4. The summed E-state index contributed by atoms with van der Waals surface area (Å²) in [7, 11) is 0. The molecule has 0 bridgehead atoms. The second kappa shape index (κ2) is 9.87. The fourth-order valence-corrected chi connectivity index (χ4v) is 3.64. The largest absolute Gasteiger partial charge is 0.479 e. The number of carbonyl (C=O) groups excluding carboxylic acids is 2. The monoisotopic (exact) mass is 394 g/mol. The first kappa shape index (κ1) is 20.6. The molecule has 152 valence electrons. The number of nitrogens with one attached hydrogen (secondary N) is 1. The van der Waals surface area contributed by atoms with Gasteiger partial charge in [0.1, 0.15) is 0 Å². The zero-order valence-electron chi connectivity index (χ0n) is 16.3. The van der Waals surface area contributed by atoms with E-state index in [1.54, 1.807) is 35.2 Å². The van der Waals surface area contributed by atoms with Crippen molar-refractivity contribution in [3.8, 4) is 0 Å². The molecule has 0 unspecified atom stereocenters. The van der Waals surface area contributed by atoms with Crippen LogP contribution >= 0.6 is 0 Å². The van der Waals surface area contributed by atoms with E-state index < -0.39 is 12.0 Å². The average Bonchev–Trinajstić information content (AvgIpc) is 2.77. The van der Waals surface area contributed by atoms with Crippen LogP contribution in [-0.2, 0) is 20.8 Å². The fourth-order valence-electron chi connectivity index (χ4n) is 3.64. The van der Waals surface area contributed by atoms with Gasteiger partial charge in [-0.1, -0.05) is 60.7 Å². The number of benzene rings is 2. The van der Waals surface area contributed by atoms with Gasteiger partial charge in [0.15, 0.2) is 6.04 Å². The molecule has 2 amide bonds. The highest BCUT2D eigenvalue weighted by atomic mass is 16.4. The Morgan fingerprint density at radius 3 is 2.14 bits per heavy atom. The van der Waals surface area contributed by atoms with Crippen LogP contribution in [0.3, 0.4) is 0 Å². The smallest absolute Gasteiger partial charge is 0.330 e.